The van der Waals surface area contributed by atoms with Crippen molar-refractivity contribution in [2.75, 3.05) is 5.32 Å². The van der Waals surface area contributed by atoms with E-state index in [1.807, 2.05) is 0 Å². The third kappa shape index (κ3) is 4.82. The maximum Gasteiger partial charge on any atom is 0.315 e. The molecule has 2 amide bonds. The highest BCUT2D eigenvalue weighted by atomic mass is 32.1. The molecule has 4 atom stereocenters. The first-order chi connectivity index (χ1) is 14.3. The molecule has 1 saturated carbocycles. The molecule has 4 unspecified atom stereocenters. The highest BCUT2D eigenvalue weighted by Gasteiger charge is 2.49. The van der Waals surface area contributed by atoms with E-state index in [0.29, 0.717) is 29.1 Å². The van der Waals surface area contributed by atoms with Crippen LogP contribution in [0.4, 0.5) is 5.69 Å². The van der Waals surface area contributed by atoms with Crippen molar-refractivity contribution < 1.29 is 19.5 Å². The van der Waals surface area contributed by atoms with Gasteiger partial charge in [0.25, 0.3) is 0 Å². The smallest absolute Gasteiger partial charge is 0.315 e. The SMILES string of the molecule is CCC(NC(=O)C1CC1C(=O)Nc1ccc(C(=N)N)cc1)C(C(=O)O)c1nccs1. The van der Waals surface area contributed by atoms with Crippen LogP contribution in [0.5, 0.6) is 0 Å². The Morgan fingerprint density at radius 2 is 1.93 bits per heavy atom. The van der Waals surface area contributed by atoms with Gasteiger partial charge in [-0.3, -0.25) is 19.8 Å². The van der Waals surface area contributed by atoms with Crippen molar-refractivity contribution in [2.24, 2.45) is 17.6 Å². The highest BCUT2D eigenvalue weighted by molar-refractivity contribution is 7.09. The van der Waals surface area contributed by atoms with Gasteiger partial charge in [0.05, 0.1) is 11.8 Å². The molecule has 9 nitrogen and oxygen atoms in total. The molecule has 10 heteroatoms. The largest absolute Gasteiger partial charge is 0.481 e. The van der Waals surface area contributed by atoms with Crippen LogP contribution in [0.15, 0.2) is 35.8 Å². The quantitative estimate of drug-likeness (QED) is 0.302. The molecule has 30 heavy (non-hydrogen) atoms. The second kappa shape index (κ2) is 9.04. The van der Waals surface area contributed by atoms with Crippen LogP contribution in [0.3, 0.4) is 0 Å². The number of nitrogen functional groups attached to an aromatic ring is 1. The number of thiazole rings is 1. The number of amidine groups is 1. The van der Waals surface area contributed by atoms with E-state index < -0.39 is 29.8 Å². The second-order valence-corrected chi connectivity index (χ2v) is 8.06. The fourth-order valence-corrected chi connectivity index (χ4v) is 4.09. The minimum absolute atomic E-state index is 0.0605. The van der Waals surface area contributed by atoms with Gasteiger partial charge in [-0.25, -0.2) is 4.98 Å². The molecule has 0 saturated heterocycles. The zero-order valence-corrected chi connectivity index (χ0v) is 17.1. The molecule has 158 valence electrons. The van der Waals surface area contributed by atoms with Gasteiger partial charge < -0.3 is 21.5 Å². The van der Waals surface area contributed by atoms with Gasteiger partial charge in [-0.1, -0.05) is 6.92 Å². The van der Waals surface area contributed by atoms with Crippen LogP contribution < -0.4 is 16.4 Å². The average Bonchev–Trinajstić information content (AvgIpc) is 3.35. The van der Waals surface area contributed by atoms with E-state index >= 15 is 0 Å². The molecule has 2 aromatic rings. The van der Waals surface area contributed by atoms with Crippen molar-refractivity contribution in [2.45, 2.75) is 31.7 Å². The van der Waals surface area contributed by atoms with E-state index in [1.54, 1.807) is 36.6 Å². The highest BCUT2D eigenvalue weighted by Crippen LogP contribution is 2.40. The summed E-state index contributed by atoms with van der Waals surface area (Å²) in [4.78, 5) is 40.9. The standard InChI is InChI=1S/C20H23N5O4S/c1-2-14(15(20(28)29)19-23-7-8-30-19)25-18(27)13-9-12(13)17(26)24-11-5-3-10(4-6-11)16(21)22/h3-8,12-15H,2,9H2,1H3,(H3,21,22)(H,24,26)(H,25,27)(H,28,29). The van der Waals surface area contributed by atoms with Crippen LogP contribution in [0.2, 0.25) is 0 Å². The summed E-state index contributed by atoms with van der Waals surface area (Å²) in [5.74, 6) is -3.57. The fourth-order valence-electron chi connectivity index (χ4n) is 3.29. The van der Waals surface area contributed by atoms with Gasteiger partial charge in [0.1, 0.15) is 16.8 Å². The number of aromatic nitrogens is 1. The van der Waals surface area contributed by atoms with E-state index in [-0.39, 0.29) is 17.6 Å². The molecule has 6 N–H and O–H groups in total. The molecule has 0 spiro atoms. The molecule has 0 radical (unpaired) electrons. The monoisotopic (exact) mass is 429 g/mol. The Kier molecular flexibility index (Phi) is 6.46. The first kappa shape index (κ1) is 21.4. The Balaban J connectivity index is 1.58. The maximum absolute atomic E-state index is 12.6. The number of nitrogens with one attached hydrogen (secondary N) is 3. The van der Waals surface area contributed by atoms with Crippen molar-refractivity contribution in [3.05, 3.63) is 46.4 Å². The molecule has 1 aliphatic carbocycles. The zero-order chi connectivity index (χ0) is 21.8. The summed E-state index contributed by atoms with van der Waals surface area (Å²) in [6.45, 7) is 1.80. The van der Waals surface area contributed by atoms with Crippen molar-refractivity contribution in [1.29, 1.82) is 5.41 Å². The average molecular weight is 430 g/mol. The molecule has 0 aliphatic heterocycles. The van der Waals surface area contributed by atoms with Crippen LogP contribution >= 0.6 is 11.3 Å². The first-order valence-electron chi connectivity index (χ1n) is 9.49. The summed E-state index contributed by atoms with van der Waals surface area (Å²) in [5.41, 5.74) is 6.51. The molecular formula is C20H23N5O4S. The van der Waals surface area contributed by atoms with Gasteiger partial charge in [-0.2, -0.15) is 0 Å². The number of carbonyl (C=O) groups is 3. The number of hydrogen-bond acceptors (Lipinski definition) is 6. The van der Waals surface area contributed by atoms with Gasteiger partial charge in [-0.05, 0) is 37.1 Å². The van der Waals surface area contributed by atoms with Gasteiger partial charge in [0.15, 0.2) is 0 Å². The number of carboxylic acid groups (broad SMARTS) is 1. The number of anilines is 1. The third-order valence-corrected chi connectivity index (χ3v) is 5.94. The Morgan fingerprint density at radius 1 is 1.27 bits per heavy atom. The van der Waals surface area contributed by atoms with E-state index in [4.69, 9.17) is 11.1 Å². The predicted octanol–water partition coefficient (Wildman–Crippen LogP) is 1.76. The molecular weight excluding hydrogens is 406 g/mol. The number of rotatable bonds is 9. The summed E-state index contributed by atoms with van der Waals surface area (Å²) in [7, 11) is 0. The second-order valence-electron chi connectivity index (χ2n) is 7.14. The molecule has 3 rings (SSSR count). The lowest BCUT2D eigenvalue weighted by Crippen LogP contribution is -2.42. The number of amides is 2. The van der Waals surface area contributed by atoms with Crippen LogP contribution in [0, 0.1) is 17.2 Å². The van der Waals surface area contributed by atoms with Crippen LogP contribution in [-0.4, -0.2) is 39.8 Å². The van der Waals surface area contributed by atoms with E-state index in [0.717, 1.165) is 0 Å². The number of aliphatic carboxylic acids is 1. The lowest BCUT2D eigenvalue weighted by Gasteiger charge is -2.22. The van der Waals surface area contributed by atoms with Crippen molar-refractivity contribution in [3.63, 3.8) is 0 Å². The van der Waals surface area contributed by atoms with Crippen molar-refractivity contribution in [1.82, 2.24) is 10.3 Å². The zero-order valence-electron chi connectivity index (χ0n) is 16.3. The Hall–Kier alpha value is -3.27. The minimum Gasteiger partial charge on any atom is -0.481 e. The maximum atomic E-state index is 12.6. The predicted molar refractivity (Wildman–Crippen MR) is 112 cm³/mol. The lowest BCUT2D eigenvalue weighted by molar-refractivity contribution is -0.140. The van der Waals surface area contributed by atoms with Crippen LogP contribution in [0.25, 0.3) is 0 Å². The minimum atomic E-state index is -1.05. The molecule has 1 fully saturated rings. The fraction of sp³-hybridized carbons (Fsp3) is 0.350. The third-order valence-electron chi connectivity index (χ3n) is 5.08. The number of carbonyl (C=O) groups excluding carboxylic acids is 2. The number of hydrogen-bond donors (Lipinski definition) is 5. The van der Waals surface area contributed by atoms with E-state index in [1.165, 1.54) is 17.5 Å². The van der Waals surface area contributed by atoms with Crippen molar-refractivity contribution >= 4 is 40.6 Å². The summed E-state index contributed by atoms with van der Waals surface area (Å²) in [5, 5.41) is 24.7. The summed E-state index contributed by atoms with van der Waals surface area (Å²) < 4.78 is 0. The van der Waals surface area contributed by atoms with Crippen molar-refractivity contribution in [3.8, 4) is 0 Å². The number of nitrogens with two attached hydrogens (primary N) is 1. The lowest BCUT2D eigenvalue weighted by atomic mass is 9.98. The van der Waals surface area contributed by atoms with Gasteiger partial charge >= 0.3 is 5.97 Å². The molecule has 1 aromatic carbocycles. The van der Waals surface area contributed by atoms with Gasteiger partial charge in [-0.15, -0.1) is 11.3 Å². The number of carboxylic acids is 1. The topological polar surface area (TPSA) is 158 Å². The molecule has 1 heterocycles. The van der Waals surface area contributed by atoms with Crippen LogP contribution in [0.1, 0.15) is 36.3 Å². The summed E-state index contributed by atoms with van der Waals surface area (Å²) >= 11 is 1.24. The Bertz CT molecular complexity index is 945. The molecule has 1 aromatic heterocycles. The summed E-state index contributed by atoms with van der Waals surface area (Å²) in [6, 6.07) is 5.94. The van der Waals surface area contributed by atoms with Gasteiger partial charge in [0.2, 0.25) is 11.8 Å². The molecule has 1 aliphatic rings. The molecule has 0 bridgehead atoms. The number of benzene rings is 1. The normalized spacial score (nSPS) is 19.4. The Morgan fingerprint density at radius 3 is 2.47 bits per heavy atom. The van der Waals surface area contributed by atoms with Gasteiger partial charge in [0, 0.05) is 28.9 Å². The van der Waals surface area contributed by atoms with E-state index in [2.05, 4.69) is 15.6 Å². The van der Waals surface area contributed by atoms with E-state index in [9.17, 15) is 19.5 Å². The Labute approximate surface area is 177 Å². The number of nitrogens with zero attached hydrogens (tertiary/aromatic N) is 1. The van der Waals surface area contributed by atoms with Crippen LogP contribution in [-0.2, 0) is 14.4 Å². The summed E-state index contributed by atoms with van der Waals surface area (Å²) in [6.07, 6.45) is 2.37. The first-order valence-corrected chi connectivity index (χ1v) is 10.4.